The Hall–Kier alpha value is -0.940. The van der Waals surface area contributed by atoms with Crippen LogP contribution in [0.5, 0.6) is 0 Å². The van der Waals surface area contributed by atoms with Gasteiger partial charge in [-0.3, -0.25) is 16.2 Å². The molecule has 0 amide bonds. The summed E-state index contributed by atoms with van der Waals surface area (Å²) in [6.45, 7) is 5.43. The zero-order valence-electron chi connectivity index (χ0n) is 12.3. The van der Waals surface area contributed by atoms with Crippen LogP contribution in [-0.2, 0) is 6.42 Å². The van der Waals surface area contributed by atoms with Crippen molar-refractivity contribution in [2.45, 2.75) is 25.4 Å². The van der Waals surface area contributed by atoms with Gasteiger partial charge in [-0.15, -0.1) is 0 Å². The van der Waals surface area contributed by atoms with Gasteiger partial charge in [0, 0.05) is 25.7 Å². The second-order valence-electron chi connectivity index (χ2n) is 5.55. The average molecular weight is 262 g/mol. The van der Waals surface area contributed by atoms with Crippen LogP contribution in [0.2, 0.25) is 0 Å². The zero-order valence-corrected chi connectivity index (χ0v) is 12.3. The lowest BCUT2D eigenvalue weighted by Gasteiger charge is -2.41. The van der Waals surface area contributed by atoms with Gasteiger partial charge in [0.05, 0.1) is 6.04 Å². The number of benzene rings is 1. The van der Waals surface area contributed by atoms with E-state index < -0.39 is 0 Å². The number of nitrogens with zero attached hydrogens (tertiary/aromatic N) is 2. The van der Waals surface area contributed by atoms with E-state index in [0.29, 0.717) is 6.04 Å². The van der Waals surface area contributed by atoms with Crippen LogP contribution in [0.1, 0.15) is 24.1 Å². The summed E-state index contributed by atoms with van der Waals surface area (Å²) in [6.07, 6.45) is 1.08. The molecule has 0 aromatic heterocycles. The summed E-state index contributed by atoms with van der Waals surface area (Å²) in [4.78, 5) is 4.77. The quantitative estimate of drug-likeness (QED) is 0.628. The third kappa shape index (κ3) is 3.34. The zero-order chi connectivity index (χ0) is 13.8. The summed E-state index contributed by atoms with van der Waals surface area (Å²) in [6, 6.07) is 9.39. The molecule has 1 saturated heterocycles. The molecule has 1 aliphatic rings. The molecule has 1 aromatic rings. The Morgan fingerprint density at radius 3 is 2.53 bits per heavy atom. The Morgan fingerprint density at radius 1 is 1.26 bits per heavy atom. The Kier molecular flexibility index (Phi) is 4.93. The largest absolute Gasteiger partial charge is 0.303 e. The lowest BCUT2D eigenvalue weighted by molar-refractivity contribution is 0.0876. The van der Waals surface area contributed by atoms with Crippen LogP contribution in [-0.4, -0.2) is 49.6 Å². The van der Waals surface area contributed by atoms with Gasteiger partial charge >= 0.3 is 0 Å². The number of hydrazine groups is 1. The third-order valence-electron chi connectivity index (χ3n) is 4.21. The minimum atomic E-state index is 0.179. The Bertz CT molecular complexity index is 390. The fourth-order valence-electron chi connectivity index (χ4n) is 2.79. The molecule has 0 radical (unpaired) electrons. The number of hydrogen-bond acceptors (Lipinski definition) is 4. The van der Waals surface area contributed by atoms with Crippen molar-refractivity contribution in [3.05, 3.63) is 35.4 Å². The molecule has 0 bridgehead atoms. The number of aryl methyl sites for hydroxylation is 1. The summed E-state index contributed by atoms with van der Waals surface area (Å²) >= 11 is 0. The topological polar surface area (TPSA) is 44.5 Å². The van der Waals surface area contributed by atoms with Crippen LogP contribution >= 0.6 is 0 Å². The predicted octanol–water partition coefficient (Wildman–Crippen LogP) is 0.999. The minimum absolute atomic E-state index is 0.179. The summed E-state index contributed by atoms with van der Waals surface area (Å²) in [5.74, 6) is 5.82. The van der Waals surface area contributed by atoms with E-state index in [-0.39, 0.29) is 6.04 Å². The van der Waals surface area contributed by atoms with Gasteiger partial charge in [-0.25, -0.2) is 0 Å². The summed E-state index contributed by atoms with van der Waals surface area (Å²) < 4.78 is 0. The minimum Gasteiger partial charge on any atom is -0.303 e. The van der Waals surface area contributed by atoms with Crippen LogP contribution in [0.3, 0.4) is 0 Å². The van der Waals surface area contributed by atoms with Crippen molar-refractivity contribution in [1.29, 1.82) is 0 Å². The fraction of sp³-hybridized carbons (Fsp3) is 0.600. The molecular weight excluding hydrogens is 236 g/mol. The second-order valence-corrected chi connectivity index (χ2v) is 5.55. The van der Waals surface area contributed by atoms with Crippen molar-refractivity contribution < 1.29 is 0 Å². The second kappa shape index (κ2) is 6.48. The molecule has 4 nitrogen and oxygen atoms in total. The number of nitrogens with one attached hydrogen (secondary N) is 1. The van der Waals surface area contributed by atoms with Crippen LogP contribution in [0.25, 0.3) is 0 Å². The van der Waals surface area contributed by atoms with E-state index in [2.05, 4.69) is 60.5 Å². The SMILES string of the molecule is CCc1ccc(C(NN)C2CN(C)CCN2C)cc1. The maximum Gasteiger partial charge on any atom is 0.0627 e. The predicted molar refractivity (Wildman–Crippen MR) is 79.8 cm³/mol. The molecule has 0 aliphatic carbocycles. The highest BCUT2D eigenvalue weighted by Crippen LogP contribution is 2.23. The van der Waals surface area contributed by atoms with Crippen molar-refractivity contribution in [3.63, 3.8) is 0 Å². The van der Waals surface area contributed by atoms with Crippen molar-refractivity contribution in [1.82, 2.24) is 15.2 Å². The van der Waals surface area contributed by atoms with Gasteiger partial charge < -0.3 is 4.90 Å². The Morgan fingerprint density at radius 2 is 1.95 bits per heavy atom. The lowest BCUT2D eigenvalue weighted by Crippen LogP contribution is -2.56. The molecule has 0 saturated carbocycles. The van der Waals surface area contributed by atoms with E-state index in [0.717, 1.165) is 26.1 Å². The highest BCUT2D eigenvalue weighted by molar-refractivity contribution is 5.26. The molecule has 1 aromatic carbocycles. The number of likely N-dealkylation sites (N-methyl/N-ethyl adjacent to an activating group) is 2. The Labute approximate surface area is 116 Å². The van der Waals surface area contributed by atoms with Crippen molar-refractivity contribution in [2.24, 2.45) is 5.84 Å². The van der Waals surface area contributed by atoms with Crippen molar-refractivity contribution in [3.8, 4) is 0 Å². The molecule has 106 valence electrons. The van der Waals surface area contributed by atoms with Crippen LogP contribution in [0.4, 0.5) is 0 Å². The van der Waals surface area contributed by atoms with Gasteiger partial charge in [0.15, 0.2) is 0 Å². The molecule has 1 aliphatic heterocycles. The fourth-order valence-corrected chi connectivity index (χ4v) is 2.79. The molecule has 3 N–H and O–H groups in total. The molecule has 4 heteroatoms. The Balaban J connectivity index is 2.17. The van der Waals surface area contributed by atoms with E-state index >= 15 is 0 Å². The number of hydrogen-bond donors (Lipinski definition) is 2. The van der Waals surface area contributed by atoms with Gasteiger partial charge in [0.2, 0.25) is 0 Å². The number of nitrogens with two attached hydrogens (primary N) is 1. The van der Waals surface area contributed by atoms with Crippen molar-refractivity contribution in [2.75, 3.05) is 33.7 Å². The van der Waals surface area contributed by atoms with Gasteiger partial charge in [-0.05, 0) is 31.6 Å². The maximum absolute atomic E-state index is 5.82. The summed E-state index contributed by atoms with van der Waals surface area (Å²) in [5.41, 5.74) is 5.65. The molecule has 2 atom stereocenters. The first-order valence-electron chi connectivity index (χ1n) is 7.09. The first-order valence-corrected chi connectivity index (χ1v) is 7.09. The molecule has 1 fully saturated rings. The average Bonchev–Trinajstić information content (AvgIpc) is 2.44. The molecule has 2 rings (SSSR count). The summed E-state index contributed by atoms with van der Waals surface area (Å²) in [7, 11) is 4.36. The standard InChI is InChI=1S/C15H26N4/c1-4-12-5-7-13(8-6-12)15(17-16)14-11-18(2)9-10-19(14)3/h5-8,14-15,17H,4,9-11,16H2,1-3H3. The monoisotopic (exact) mass is 262 g/mol. The third-order valence-corrected chi connectivity index (χ3v) is 4.21. The van der Waals surface area contributed by atoms with E-state index in [9.17, 15) is 0 Å². The van der Waals surface area contributed by atoms with Gasteiger partial charge in [-0.2, -0.15) is 0 Å². The molecule has 1 heterocycles. The molecule has 2 unspecified atom stereocenters. The van der Waals surface area contributed by atoms with Crippen LogP contribution in [0, 0.1) is 0 Å². The summed E-state index contributed by atoms with van der Waals surface area (Å²) in [5, 5.41) is 0. The lowest BCUT2D eigenvalue weighted by atomic mass is 9.95. The highest BCUT2D eigenvalue weighted by atomic mass is 15.3. The van der Waals surface area contributed by atoms with Crippen molar-refractivity contribution >= 4 is 0 Å². The van der Waals surface area contributed by atoms with Gasteiger partial charge in [0.25, 0.3) is 0 Å². The van der Waals surface area contributed by atoms with E-state index in [4.69, 9.17) is 5.84 Å². The van der Waals surface area contributed by atoms with Gasteiger partial charge in [-0.1, -0.05) is 31.2 Å². The first-order chi connectivity index (χ1) is 9.15. The van der Waals surface area contributed by atoms with Gasteiger partial charge in [0.1, 0.15) is 0 Å². The van der Waals surface area contributed by atoms with Crippen LogP contribution in [0.15, 0.2) is 24.3 Å². The number of piperazine rings is 1. The van der Waals surface area contributed by atoms with E-state index in [1.807, 2.05) is 0 Å². The van der Waals surface area contributed by atoms with E-state index in [1.165, 1.54) is 11.1 Å². The normalized spacial score (nSPS) is 23.5. The van der Waals surface area contributed by atoms with E-state index in [1.54, 1.807) is 0 Å². The first kappa shape index (κ1) is 14.5. The van der Waals surface area contributed by atoms with Crippen LogP contribution < -0.4 is 11.3 Å². The smallest absolute Gasteiger partial charge is 0.0627 e. The number of rotatable bonds is 4. The highest BCUT2D eigenvalue weighted by Gasteiger charge is 2.30. The molecule has 19 heavy (non-hydrogen) atoms. The molecular formula is C15H26N4. The maximum atomic E-state index is 5.82. The molecule has 0 spiro atoms.